The molecule has 8 rings (SSSR count). The second-order valence-electron chi connectivity index (χ2n) is 13.2. The van der Waals surface area contributed by atoms with E-state index in [0.29, 0.717) is 6.54 Å². The number of aromatic nitrogens is 1. The van der Waals surface area contributed by atoms with Crippen LogP contribution in [-0.2, 0) is 0 Å². The van der Waals surface area contributed by atoms with Crippen LogP contribution >= 0.6 is 11.3 Å². The lowest BCUT2D eigenvalue weighted by Crippen LogP contribution is -2.09. The summed E-state index contributed by atoms with van der Waals surface area (Å²) in [6.45, 7) is 28.6. The van der Waals surface area contributed by atoms with Gasteiger partial charge in [-0.25, -0.2) is 0 Å². The van der Waals surface area contributed by atoms with Crippen LogP contribution in [0.4, 0.5) is 0 Å². The Balaban J connectivity index is 0.00000109. The molecule has 0 aliphatic heterocycles. The summed E-state index contributed by atoms with van der Waals surface area (Å²) in [5, 5.41) is 7.65. The highest BCUT2D eigenvalue weighted by atomic mass is 32.1. The summed E-state index contributed by atoms with van der Waals surface area (Å²) in [6.07, 6.45) is 16.0. The largest absolute Gasteiger partial charge is 0.349 e. The van der Waals surface area contributed by atoms with Gasteiger partial charge in [-0.3, -0.25) is 4.99 Å². The van der Waals surface area contributed by atoms with Gasteiger partial charge in [0.15, 0.2) is 0 Å². The minimum absolute atomic E-state index is 0.716. The number of aliphatic imine (C=N–C) groups is 1. The molecule has 0 N–H and O–H groups in total. The number of fused-ring (bicyclic) bond motifs is 10. The van der Waals surface area contributed by atoms with Gasteiger partial charge in [-0.05, 0) is 84.7 Å². The fraction of sp³-hybridized carbons (Fsp3) is 0.161. The van der Waals surface area contributed by atoms with Crippen molar-refractivity contribution in [3.05, 3.63) is 188 Å². The fourth-order valence-corrected chi connectivity index (χ4v) is 8.86. The zero-order valence-corrected chi connectivity index (χ0v) is 37.5. The van der Waals surface area contributed by atoms with Gasteiger partial charge in [0.2, 0.25) is 0 Å². The van der Waals surface area contributed by atoms with Crippen molar-refractivity contribution in [2.75, 3.05) is 6.54 Å². The highest BCUT2D eigenvalue weighted by Gasteiger charge is 2.22. The molecule has 0 saturated heterocycles. The molecule has 0 saturated carbocycles. The van der Waals surface area contributed by atoms with Gasteiger partial charge in [0.05, 0.1) is 16.7 Å². The zero-order chi connectivity index (χ0) is 43.2. The third-order valence-electron chi connectivity index (χ3n) is 10.1. The molecule has 0 spiro atoms. The highest BCUT2D eigenvalue weighted by molar-refractivity contribution is 7.27. The maximum Gasteiger partial charge on any atom is 0.0856 e. The summed E-state index contributed by atoms with van der Waals surface area (Å²) in [7, 11) is 0. The lowest BCUT2D eigenvalue weighted by molar-refractivity contribution is 0.568. The number of allylic oxidation sites excluding steroid dienone is 6. The third kappa shape index (κ3) is 8.76. The molecule has 6 aromatic carbocycles. The Hall–Kier alpha value is -6.49. The number of hydrogen-bond acceptors (Lipinski definition) is 3. The van der Waals surface area contributed by atoms with E-state index in [1.165, 1.54) is 63.9 Å². The van der Waals surface area contributed by atoms with Gasteiger partial charge in [0.1, 0.15) is 0 Å². The molecule has 0 unspecified atom stereocenters. The van der Waals surface area contributed by atoms with Crippen molar-refractivity contribution in [2.45, 2.75) is 55.4 Å². The van der Waals surface area contributed by atoms with Crippen LogP contribution in [0.3, 0.4) is 0 Å². The topological polar surface area (TPSA) is 20.5 Å². The van der Waals surface area contributed by atoms with Crippen LogP contribution in [0.5, 0.6) is 0 Å². The van der Waals surface area contributed by atoms with Gasteiger partial charge in [0, 0.05) is 60.3 Å². The maximum atomic E-state index is 4.40. The average molecular weight is 806 g/mol. The van der Waals surface area contributed by atoms with Gasteiger partial charge < -0.3 is 9.47 Å². The maximum absolute atomic E-state index is 4.40. The van der Waals surface area contributed by atoms with Gasteiger partial charge >= 0.3 is 0 Å². The van der Waals surface area contributed by atoms with Crippen LogP contribution in [0.1, 0.15) is 66.5 Å². The quantitative estimate of drug-likeness (QED) is 0.0724. The molecule has 0 bridgehead atoms. The molecule has 2 aromatic heterocycles. The van der Waals surface area contributed by atoms with Crippen LogP contribution in [0.2, 0.25) is 0 Å². The van der Waals surface area contributed by atoms with Crippen molar-refractivity contribution < 1.29 is 0 Å². The van der Waals surface area contributed by atoms with Crippen molar-refractivity contribution >= 4 is 82.1 Å². The Kier molecular flexibility index (Phi) is 16.0. The van der Waals surface area contributed by atoms with Crippen LogP contribution < -0.4 is 0 Å². The summed E-state index contributed by atoms with van der Waals surface area (Å²) in [4.78, 5) is 6.41. The first kappa shape index (κ1) is 44.6. The van der Waals surface area contributed by atoms with E-state index in [1.807, 2.05) is 90.0 Å². The second-order valence-corrected chi connectivity index (χ2v) is 14.3. The van der Waals surface area contributed by atoms with Crippen LogP contribution in [0, 0.1) is 0 Å². The number of nitrogens with zero attached hydrogens (tertiary/aromatic N) is 3. The molecule has 3 nitrogen and oxygen atoms in total. The lowest BCUT2D eigenvalue weighted by atomic mass is 9.97. The van der Waals surface area contributed by atoms with E-state index < -0.39 is 0 Å². The molecule has 2 heterocycles. The first-order valence-electron chi connectivity index (χ1n) is 21.2. The van der Waals surface area contributed by atoms with Crippen LogP contribution in [0.15, 0.2) is 182 Å². The second kappa shape index (κ2) is 21.5. The van der Waals surface area contributed by atoms with Crippen molar-refractivity contribution in [3.63, 3.8) is 0 Å². The highest BCUT2D eigenvalue weighted by Crippen LogP contribution is 2.48. The number of thiophene rings is 1. The average Bonchev–Trinajstić information content (AvgIpc) is 3.88. The van der Waals surface area contributed by atoms with E-state index in [4.69, 9.17) is 0 Å². The van der Waals surface area contributed by atoms with Crippen molar-refractivity contribution in [2.24, 2.45) is 4.99 Å². The minimum atomic E-state index is 0.716. The molecule has 0 aliphatic carbocycles. The molecular formula is C56H59N3S. The van der Waals surface area contributed by atoms with E-state index in [1.54, 1.807) is 6.20 Å². The Labute approximate surface area is 362 Å². The Morgan fingerprint density at radius 1 is 0.683 bits per heavy atom. The Bertz CT molecular complexity index is 2860. The smallest absolute Gasteiger partial charge is 0.0856 e. The summed E-state index contributed by atoms with van der Waals surface area (Å²) in [6, 6.07) is 42.2. The SMILES string of the molecule is C=C/C=C(\C=C/C)c1ccc(-c2ccc3c(c2)c2c4sc5ccccc5c4c4ccccc4c2n3-c2ccc(/C(=C/N(C=C)C/C=C\C)N=C)cc2)cc1.CC.CC.CC. The van der Waals surface area contributed by atoms with E-state index in [2.05, 4.69) is 169 Å². The van der Waals surface area contributed by atoms with Crippen LogP contribution in [0.25, 0.3) is 80.8 Å². The third-order valence-corrected chi connectivity index (χ3v) is 11.3. The number of benzene rings is 6. The predicted molar refractivity (Wildman–Crippen MR) is 273 cm³/mol. The fourth-order valence-electron chi connectivity index (χ4n) is 7.58. The van der Waals surface area contributed by atoms with Gasteiger partial charge in [-0.1, -0.05) is 176 Å². The van der Waals surface area contributed by atoms with E-state index in [0.717, 1.165) is 28.1 Å². The van der Waals surface area contributed by atoms with Gasteiger partial charge in [-0.2, -0.15) is 0 Å². The Morgan fingerprint density at radius 3 is 1.95 bits per heavy atom. The van der Waals surface area contributed by atoms with E-state index in [9.17, 15) is 0 Å². The van der Waals surface area contributed by atoms with Crippen LogP contribution in [-0.4, -0.2) is 22.7 Å². The molecule has 304 valence electrons. The molecular weight excluding hydrogens is 747 g/mol. The molecule has 60 heavy (non-hydrogen) atoms. The molecule has 4 heteroatoms. The monoisotopic (exact) mass is 805 g/mol. The number of hydrogen-bond donors (Lipinski definition) is 0. The first-order chi connectivity index (χ1) is 29.6. The van der Waals surface area contributed by atoms with Crippen molar-refractivity contribution in [1.82, 2.24) is 9.47 Å². The molecule has 0 aliphatic rings. The first-order valence-corrected chi connectivity index (χ1v) is 22.0. The molecule has 0 radical (unpaired) electrons. The molecule has 0 fully saturated rings. The summed E-state index contributed by atoms with van der Waals surface area (Å²) in [5.41, 5.74) is 9.91. The van der Waals surface area contributed by atoms with Gasteiger partial charge in [0.25, 0.3) is 0 Å². The lowest BCUT2D eigenvalue weighted by Gasteiger charge is -2.15. The number of rotatable bonds is 11. The Morgan fingerprint density at radius 2 is 1.32 bits per heavy atom. The van der Waals surface area contributed by atoms with Crippen molar-refractivity contribution in [3.8, 4) is 16.8 Å². The van der Waals surface area contributed by atoms with E-state index >= 15 is 0 Å². The standard InChI is InChI=1S/C50H41N3S.3C2H6/c1-6-10-31-52(9-4)33-44(51-5)37-25-28-39(29-26-37)53-45-30-27-38(36-23-21-35(22-24-36)34(15-7-2)16-8-3)32-43(45)48-49(53)41-18-12-11-17-40(41)47-42-19-13-14-20-46(42)54-50(47)48;3*1-2/h6-30,32-33H,2,4-5,31H2,1,3H3;3*1-2H3/b10-6-,16-8-,34-15+,44-33-;;;. The molecule has 0 amide bonds. The normalized spacial score (nSPS) is 11.7. The summed E-state index contributed by atoms with van der Waals surface area (Å²) in [5.74, 6) is 0. The summed E-state index contributed by atoms with van der Waals surface area (Å²) < 4.78 is 5.06. The predicted octanol–water partition coefficient (Wildman–Crippen LogP) is 17.2. The van der Waals surface area contributed by atoms with E-state index in [-0.39, 0.29) is 0 Å². The molecule has 0 atom stereocenters. The van der Waals surface area contributed by atoms with Crippen molar-refractivity contribution in [1.29, 1.82) is 0 Å². The molecule has 8 aromatic rings. The minimum Gasteiger partial charge on any atom is -0.349 e. The zero-order valence-electron chi connectivity index (χ0n) is 36.7. The van der Waals surface area contributed by atoms with Gasteiger partial charge in [-0.15, -0.1) is 11.3 Å². The summed E-state index contributed by atoms with van der Waals surface area (Å²) >= 11 is 1.89.